The van der Waals surface area contributed by atoms with Crippen LogP contribution in [-0.2, 0) is 6.42 Å². The summed E-state index contributed by atoms with van der Waals surface area (Å²) < 4.78 is 7.55. The molecule has 0 aliphatic rings. The predicted molar refractivity (Wildman–Crippen MR) is 103 cm³/mol. The van der Waals surface area contributed by atoms with Crippen molar-refractivity contribution in [3.8, 4) is 5.75 Å². The number of pyridine rings is 1. The first kappa shape index (κ1) is 17.8. The fraction of sp³-hybridized carbons (Fsp3) is 0.300. The quantitative estimate of drug-likeness (QED) is 0.710. The third-order valence-electron chi connectivity index (χ3n) is 4.09. The van der Waals surface area contributed by atoms with Gasteiger partial charge >= 0.3 is 0 Å². The van der Waals surface area contributed by atoms with Gasteiger partial charge in [-0.1, -0.05) is 6.07 Å². The summed E-state index contributed by atoms with van der Waals surface area (Å²) in [6.07, 6.45) is 4.57. The Morgan fingerprint density at radius 1 is 1.27 bits per heavy atom. The number of nitrogens with one attached hydrogen (secondary N) is 1. The van der Waals surface area contributed by atoms with Gasteiger partial charge in [0.1, 0.15) is 0 Å². The van der Waals surface area contributed by atoms with E-state index in [1.54, 1.807) is 0 Å². The van der Waals surface area contributed by atoms with Crippen LogP contribution >= 0.6 is 0 Å². The highest BCUT2D eigenvalue weighted by atomic mass is 16.5. The van der Waals surface area contributed by atoms with Crippen LogP contribution in [0, 0.1) is 0 Å². The van der Waals surface area contributed by atoms with Gasteiger partial charge in [0.15, 0.2) is 11.4 Å². The summed E-state index contributed by atoms with van der Waals surface area (Å²) >= 11 is 0. The Hall–Kier alpha value is -3.02. The molecule has 0 aliphatic carbocycles. The monoisotopic (exact) mass is 352 g/mol. The van der Waals surface area contributed by atoms with Gasteiger partial charge in [-0.05, 0) is 37.3 Å². The Labute approximate surface area is 153 Å². The van der Waals surface area contributed by atoms with Gasteiger partial charge in [-0.15, -0.1) is 0 Å². The molecule has 2 aromatic heterocycles. The molecule has 6 nitrogen and oxygen atoms in total. The molecule has 6 heteroatoms. The molecule has 0 saturated heterocycles. The molecule has 26 heavy (non-hydrogen) atoms. The second-order valence-corrected chi connectivity index (χ2v) is 6.22. The number of carbonyl (C=O) groups excluding carboxylic acids is 1. The van der Waals surface area contributed by atoms with Crippen LogP contribution in [0.2, 0.25) is 0 Å². The SMILES string of the molecule is CCOc1cccn2cc(CCNC(=O)c3cccc(N(C)C)c3)nc12. The molecule has 0 spiro atoms. The summed E-state index contributed by atoms with van der Waals surface area (Å²) in [5.41, 5.74) is 3.38. The highest BCUT2D eigenvalue weighted by Gasteiger charge is 2.09. The fourth-order valence-corrected chi connectivity index (χ4v) is 2.76. The molecule has 3 rings (SSSR count). The summed E-state index contributed by atoms with van der Waals surface area (Å²) in [4.78, 5) is 18.9. The van der Waals surface area contributed by atoms with Crippen LogP contribution in [0.25, 0.3) is 5.65 Å². The number of ether oxygens (including phenoxy) is 1. The lowest BCUT2D eigenvalue weighted by Gasteiger charge is -2.13. The number of hydrogen-bond acceptors (Lipinski definition) is 4. The van der Waals surface area contributed by atoms with Crippen molar-refractivity contribution in [3.05, 3.63) is 60.0 Å². The van der Waals surface area contributed by atoms with Crippen molar-refractivity contribution in [1.82, 2.24) is 14.7 Å². The number of imidazole rings is 1. The molecule has 0 radical (unpaired) electrons. The molecule has 0 atom stereocenters. The zero-order valence-electron chi connectivity index (χ0n) is 15.4. The largest absolute Gasteiger partial charge is 0.490 e. The first-order valence-corrected chi connectivity index (χ1v) is 8.73. The molecule has 1 amide bonds. The van der Waals surface area contributed by atoms with Gasteiger partial charge in [0.05, 0.1) is 12.3 Å². The Bertz CT molecular complexity index is 902. The van der Waals surface area contributed by atoms with Crippen molar-refractivity contribution >= 4 is 17.2 Å². The van der Waals surface area contributed by atoms with Crippen LogP contribution in [0.15, 0.2) is 48.8 Å². The third-order valence-corrected chi connectivity index (χ3v) is 4.09. The van der Waals surface area contributed by atoms with Gasteiger partial charge < -0.3 is 19.4 Å². The molecule has 0 saturated carbocycles. The minimum Gasteiger partial charge on any atom is -0.490 e. The lowest BCUT2D eigenvalue weighted by molar-refractivity contribution is 0.0954. The van der Waals surface area contributed by atoms with Crippen LogP contribution in [0.5, 0.6) is 5.75 Å². The van der Waals surface area contributed by atoms with Gasteiger partial charge in [0.25, 0.3) is 5.91 Å². The number of benzene rings is 1. The minimum absolute atomic E-state index is 0.0764. The second kappa shape index (κ2) is 7.91. The third kappa shape index (κ3) is 3.96. The number of hydrogen-bond donors (Lipinski definition) is 1. The summed E-state index contributed by atoms with van der Waals surface area (Å²) in [6, 6.07) is 11.4. The van der Waals surface area contributed by atoms with Gasteiger partial charge in [0, 0.05) is 50.7 Å². The number of fused-ring (bicyclic) bond motifs is 1. The average Bonchev–Trinajstić information content (AvgIpc) is 3.06. The maximum atomic E-state index is 12.3. The average molecular weight is 352 g/mol. The second-order valence-electron chi connectivity index (χ2n) is 6.22. The van der Waals surface area contributed by atoms with E-state index in [2.05, 4.69) is 10.3 Å². The van der Waals surface area contributed by atoms with Crippen molar-refractivity contribution in [3.63, 3.8) is 0 Å². The first-order valence-electron chi connectivity index (χ1n) is 8.73. The topological polar surface area (TPSA) is 58.9 Å². The highest BCUT2D eigenvalue weighted by Crippen LogP contribution is 2.19. The van der Waals surface area contributed by atoms with Crippen molar-refractivity contribution in [2.75, 3.05) is 32.1 Å². The lowest BCUT2D eigenvalue weighted by atomic mass is 10.2. The van der Waals surface area contributed by atoms with Gasteiger partial charge in [-0.3, -0.25) is 4.79 Å². The molecular weight excluding hydrogens is 328 g/mol. The van der Waals surface area contributed by atoms with E-state index in [9.17, 15) is 4.79 Å². The minimum atomic E-state index is -0.0764. The zero-order valence-corrected chi connectivity index (χ0v) is 15.4. The molecule has 136 valence electrons. The van der Waals surface area contributed by atoms with E-state index < -0.39 is 0 Å². The number of aromatic nitrogens is 2. The van der Waals surface area contributed by atoms with E-state index in [1.165, 1.54) is 0 Å². The molecule has 3 aromatic rings. The maximum Gasteiger partial charge on any atom is 0.251 e. The normalized spacial score (nSPS) is 10.7. The number of anilines is 1. The van der Waals surface area contributed by atoms with E-state index in [4.69, 9.17) is 4.74 Å². The summed E-state index contributed by atoms with van der Waals surface area (Å²) in [7, 11) is 3.91. The van der Waals surface area contributed by atoms with Crippen LogP contribution in [-0.4, -0.2) is 42.5 Å². The number of rotatable bonds is 7. The van der Waals surface area contributed by atoms with Crippen molar-refractivity contribution in [2.45, 2.75) is 13.3 Å². The number of carbonyl (C=O) groups is 1. The molecule has 0 fully saturated rings. The van der Waals surface area contributed by atoms with Crippen molar-refractivity contribution < 1.29 is 9.53 Å². The fourth-order valence-electron chi connectivity index (χ4n) is 2.76. The van der Waals surface area contributed by atoms with E-state index >= 15 is 0 Å². The van der Waals surface area contributed by atoms with Crippen LogP contribution in [0.1, 0.15) is 23.0 Å². The van der Waals surface area contributed by atoms with Gasteiger partial charge in [-0.25, -0.2) is 4.98 Å². The van der Waals surface area contributed by atoms with Crippen LogP contribution in [0.3, 0.4) is 0 Å². The molecule has 0 unspecified atom stereocenters. The van der Waals surface area contributed by atoms with Crippen molar-refractivity contribution in [2.24, 2.45) is 0 Å². The standard InChI is InChI=1S/C20H24N4O2/c1-4-26-18-9-6-12-24-14-16(22-19(18)24)10-11-21-20(25)15-7-5-8-17(13-15)23(2)3/h5-9,12-14H,4,10-11H2,1-3H3,(H,21,25). The summed E-state index contributed by atoms with van der Waals surface area (Å²) in [5.74, 6) is 0.693. The molecule has 1 aromatic carbocycles. The predicted octanol–water partition coefficient (Wildman–Crippen LogP) is 2.77. The summed E-state index contributed by atoms with van der Waals surface area (Å²) in [5, 5.41) is 2.96. The number of nitrogens with zero attached hydrogens (tertiary/aromatic N) is 3. The first-order chi connectivity index (χ1) is 12.6. The van der Waals surface area contributed by atoms with E-state index in [-0.39, 0.29) is 5.91 Å². The van der Waals surface area contributed by atoms with E-state index in [0.717, 1.165) is 22.8 Å². The van der Waals surface area contributed by atoms with Crippen LogP contribution < -0.4 is 15.0 Å². The van der Waals surface area contributed by atoms with E-state index in [1.807, 2.05) is 79.1 Å². The van der Waals surface area contributed by atoms with Crippen molar-refractivity contribution in [1.29, 1.82) is 0 Å². The Kier molecular flexibility index (Phi) is 5.41. The summed E-state index contributed by atoms with van der Waals surface area (Å²) in [6.45, 7) is 3.08. The Morgan fingerprint density at radius 3 is 2.88 bits per heavy atom. The molecule has 1 N–H and O–H groups in total. The number of amides is 1. The van der Waals surface area contributed by atoms with E-state index in [0.29, 0.717) is 25.1 Å². The van der Waals surface area contributed by atoms with Crippen LogP contribution in [0.4, 0.5) is 5.69 Å². The molecule has 0 bridgehead atoms. The molecular formula is C20H24N4O2. The Balaban J connectivity index is 1.63. The highest BCUT2D eigenvalue weighted by molar-refractivity contribution is 5.95. The smallest absolute Gasteiger partial charge is 0.251 e. The molecule has 0 aliphatic heterocycles. The van der Waals surface area contributed by atoms with Gasteiger partial charge in [-0.2, -0.15) is 0 Å². The zero-order chi connectivity index (χ0) is 18.5. The Morgan fingerprint density at radius 2 is 2.12 bits per heavy atom. The van der Waals surface area contributed by atoms with Gasteiger partial charge in [0.2, 0.25) is 0 Å². The molecule has 2 heterocycles. The maximum absolute atomic E-state index is 12.3. The lowest BCUT2D eigenvalue weighted by Crippen LogP contribution is -2.26.